The third-order valence-corrected chi connectivity index (χ3v) is 4.96. The van der Waals surface area contributed by atoms with Gasteiger partial charge in [-0.2, -0.15) is 0 Å². The molecule has 1 aromatic carbocycles. The summed E-state index contributed by atoms with van der Waals surface area (Å²) in [5.74, 6) is 0. The molecule has 0 bridgehead atoms. The van der Waals surface area contributed by atoms with Gasteiger partial charge in [0.25, 0.3) is 0 Å². The molecule has 0 spiro atoms. The molecule has 0 heterocycles. The Morgan fingerprint density at radius 1 is 1.22 bits per heavy atom. The minimum Gasteiger partial charge on any atom is -0.313 e. The first-order chi connectivity index (χ1) is 8.65. The lowest BCUT2D eigenvalue weighted by Gasteiger charge is -2.26. The first-order valence-electron chi connectivity index (χ1n) is 7.15. The van der Waals surface area contributed by atoms with Gasteiger partial charge in [-0.3, -0.25) is 0 Å². The van der Waals surface area contributed by atoms with Gasteiger partial charge in [0.1, 0.15) is 0 Å². The van der Waals surface area contributed by atoms with Gasteiger partial charge in [0.05, 0.1) is 0 Å². The summed E-state index contributed by atoms with van der Waals surface area (Å²) in [5.41, 5.74) is 3.47. The van der Waals surface area contributed by atoms with Crippen LogP contribution >= 0.6 is 11.6 Å². The summed E-state index contributed by atoms with van der Waals surface area (Å²) in [6.45, 7) is 3.62. The van der Waals surface area contributed by atoms with E-state index in [4.69, 9.17) is 11.6 Å². The molecule has 2 aliphatic carbocycles. The average Bonchev–Trinajstić information content (AvgIpc) is 2.93. The molecule has 0 amide bonds. The van der Waals surface area contributed by atoms with Gasteiger partial charge < -0.3 is 5.32 Å². The first kappa shape index (κ1) is 12.5. The monoisotopic (exact) mass is 263 g/mol. The minimum atomic E-state index is 0.548. The Morgan fingerprint density at radius 3 is 2.72 bits per heavy atom. The van der Waals surface area contributed by atoms with Gasteiger partial charge in [-0.1, -0.05) is 37.4 Å². The maximum absolute atomic E-state index is 6.05. The van der Waals surface area contributed by atoms with E-state index in [1.54, 1.807) is 0 Å². The van der Waals surface area contributed by atoms with E-state index >= 15 is 0 Å². The summed E-state index contributed by atoms with van der Waals surface area (Å²) in [7, 11) is 0. The van der Waals surface area contributed by atoms with Crippen LogP contribution in [0.3, 0.4) is 0 Å². The molecule has 1 N–H and O–H groups in total. The number of rotatable bonds is 3. The van der Waals surface area contributed by atoms with E-state index in [1.807, 2.05) is 6.07 Å². The molecule has 18 heavy (non-hydrogen) atoms. The van der Waals surface area contributed by atoms with Gasteiger partial charge in [-0.05, 0) is 54.4 Å². The second-order valence-electron chi connectivity index (χ2n) is 6.42. The van der Waals surface area contributed by atoms with Crippen LogP contribution in [-0.4, -0.2) is 12.6 Å². The third-order valence-electron chi connectivity index (χ3n) is 4.73. The zero-order valence-electron chi connectivity index (χ0n) is 11.1. The fraction of sp³-hybridized carbons (Fsp3) is 0.625. The predicted octanol–water partition coefficient (Wildman–Crippen LogP) is 3.98. The van der Waals surface area contributed by atoms with Crippen molar-refractivity contribution in [2.24, 2.45) is 5.41 Å². The number of fused-ring (bicyclic) bond motifs is 1. The molecule has 1 saturated carbocycles. The van der Waals surface area contributed by atoms with Crippen molar-refractivity contribution in [1.29, 1.82) is 0 Å². The second kappa shape index (κ2) is 4.86. The maximum atomic E-state index is 6.05. The molecule has 1 nitrogen and oxygen atoms in total. The van der Waals surface area contributed by atoms with Crippen LogP contribution in [0, 0.1) is 5.41 Å². The molecule has 1 aromatic rings. The van der Waals surface area contributed by atoms with Crippen molar-refractivity contribution in [1.82, 2.24) is 5.32 Å². The molecule has 0 aromatic heterocycles. The Labute approximate surface area is 115 Å². The summed E-state index contributed by atoms with van der Waals surface area (Å²) in [6.07, 6.45) is 7.93. The number of hydrogen-bond donors (Lipinski definition) is 1. The fourth-order valence-corrected chi connectivity index (χ4v) is 3.72. The molecule has 1 unspecified atom stereocenters. The van der Waals surface area contributed by atoms with Crippen molar-refractivity contribution in [3.8, 4) is 0 Å². The normalized spacial score (nSPS) is 25.3. The van der Waals surface area contributed by atoms with Crippen molar-refractivity contribution < 1.29 is 0 Å². The lowest BCUT2D eigenvalue weighted by atomic mass is 9.88. The van der Waals surface area contributed by atoms with Gasteiger partial charge in [0.15, 0.2) is 0 Å². The third kappa shape index (κ3) is 2.57. The quantitative estimate of drug-likeness (QED) is 0.870. The van der Waals surface area contributed by atoms with Crippen LogP contribution in [0.1, 0.15) is 43.7 Å². The zero-order valence-corrected chi connectivity index (χ0v) is 11.9. The lowest BCUT2D eigenvalue weighted by molar-refractivity contribution is 0.298. The average molecular weight is 264 g/mol. The highest BCUT2D eigenvalue weighted by atomic mass is 35.5. The van der Waals surface area contributed by atoms with Crippen LogP contribution in [0.25, 0.3) is 0 Å². The van der Waals surface area contributed by atoms with Crippen LogP contribution in [0.2, 0.25) is 5.02 Å². The number of nitrogens with one attached hydrogen (secondary N) is 1. The van der Waals surface area contributed by atoms with Gasteiger partial charge >= 0.3 is 0 Å². The van der Waals surface area contributed by atoms with Crippen LogP contribution in [-0.2, 0) is 12.8 Å². The Morgan fingerprint density at radius 2 is 1.94 bits per heavy atom. The van der Waals surface area contributed by atoms with E-state index < -0.39 is 0 Å². The molecule has 1 fully saturated rings. The van der Waals surface area contributed by atoms with Crippen LogP contribution in [0.15, 0.2) is 18.2 Å². The summed E-state index contributed by atoms with van der Waals surface area (Å²) < 4.78 is 0. The lowest BCUT2D eigenvalue weighted by Crippen LogP contribution is -2.37. The zero-order chi connectivity index (χ0) is 12.6. The van der Waals surface area contributed by atoms with Gasteiger partial charge in [0, 0.05) is 17.6 Å². The predicted molar refractivity (Wildman–Crippen MR) is 77.2 cm³/mol. The molecule has 2 heteroatoms. The Bertz CT molecular complexity index is 435. The summed E-state index contributed by atoms with van der Waals surface area (Å²) in [5, 5.41) is 4.66. The number of hydrogen-bond acceptors (Lipinski definition) is 1. The maximum Gasteiger partial charge on any atom is 0.0408 e. The largest absolute Gasteiger partial charge is 0.313 e. The minimum absolute atomic E-state index is 0.548. The molecule has 2 aliphatic rings. The van der Waals surface area contributed by atoms with E-state index in [2.05, 4.69) is 24.4 Å². The summed E-state index contributed by atoms with van der Waals surface area (Å²) in [6, 6.07) is 6.96. The van der Waals surface area contributed by atoms with Crippen molar-refractivity contribution >= 4 is 11.6 Å². The molecular formula is C16H22ClN. The van der Waals surface area contributed by atoms with E-state index in [1.165, 1.54) is 49.8 Å². The highest BCUT2D eigenvalue weighted by molar-refractivity contribution is 6.30. The summed E-state index contributed by atoms with van der Waals surface area (Å²) in [4.78, 5) is 0. The van der Waals surface area contributed by atoms with Crippen molar-refractivity contribution in [2.75, 3.05) is 6.54 Å². The number of halogens is 1. The van der Waals surface area contributed by atoms with Crippen molar-refractivity contribution in [3.05, 3.63) is 34.3 Å². The van der Waals surface area contributed by atoms with Gasteiger partial charge in [-0.25, -0.2) is 0 Å². The first-order valence-corrected chi connectivity index (χ1v) is 7.53. The standard InChI is InChI=1S/C16H22ClN/c1-16(6-2-3-7-16)11-18-15-9-12-4-5-14(17)8-13(12)10-15/h4-5,8,15,18H,2-3,6-7,9-11H2,1H3. The molecular weight excluding hydrogens is 242 g/mol. The summed E-state index contributed by atoms with van der Waals surface area (Å²) >= 11 is 6.05. The molecule has 0 saturated heterocycles. The molecule has 3 rings (SSSR count). The van der Waals surface area contributed by atoms with E-state index in [-0.39, 0.29) is 0 Å². The molecule has 0 aliphatic heterocycles. The smallest absolute Gasteiger partial charge is 0.0408 e. The number of benzene rings is 1. The van der Waals surface area contributed by atoms with Crippen LogP contribution < -0.4 is 5.32 Å². The Kier molecular flexibility index (Phi) is 3.38. The van der Waals surface area contributed by atoms with Crippen LogP contribution in [0.4, 0.5) is 0 Å². The SMILES string of the molecule is CC1(CNC2Cc3ccc(Cl)cc3C2)CCCC1. The Balaban J connectivity index is 1.58. The second-order valence-corrected chi connectivity index (χ2v) is 6.85. The van der Waals surface area contributed by atoms with Crippen LogP contribution in [0.5, 0.6) is 0 Å². The fourth-order valence-electron chi connectivity index (χ4n) is 3.53. The molecule has 1 atom stereocenters. The van der Waals surface area contributed by atoms with Crippen molar-refractivity contribution in [2.45, 2.75) is 51.5 Å². The van der Waals surface area contributed by atoms with E-state index in [9.17, 15) is 0 Å². The van der Waals surface area contributed by atoms with Gasteiger partial charge in [0.2, 0.25) is 0 Å². The highest BCUT2D eigenvalue weighted by Crippen LogP contribution is 2.37. The molecule has 0 radical (unpaired) electrons. The van der Waals surface area contributed by atoms with E-state index in [0.717, 1.165) is 11.4 Å². The Hall–Kier alpha value is -0.530. The van der Waals surface area contributed by atoms with Crippen molar-refractivity contribution in [3.63, 3.8) is 0 Å². The highest BCUT2D eigenvalue weighted by Gasteiger charge is 2.30. The molecule has 98 valence electrons. The van der Waals surface area contributed by atoms with Gasteiger partial charge in [-0.15, -0.1) is 0 Å². The topological polar surface area (TPSA) is 12.0 Å². The van der Waals surface area contributed by atoms with E-state index in [0.29, 0.717) is 11.5 Å².